The topological polar surface area (TPSA) is 55.4 Å². The van der Waals surface area contributed by atoms with E-state index < -0.39 is 34.9 Å². The molecule has 0 fully saturated rings. The van der Waals surface area contributed by atoms with E-state index in [0.29, 0.717) is 12.7 Å². The van der Waals surface area contributed by atoms with Gasteiger partial charge in [0, 0.05) is 6.54 Å². The summed E-state index contributed by atoms with van der Waals surface area (Å²) in [5.74, 6) is -6.01. The van der Waals surface area contributed by atoms with Gasteiger partial charge in [-0.15, -0.1) is 0 Å². The number of esters is 1. The summed E-state index contributed by atoms with van der Waals surface area (Å²) < 4.78 is 44.3. The van der Waals surface area contributed by atoms with Crippen LogP contribution in [0.5, 0.6) is 0 Å². The zero-order valence-corrected chi connectivity index (χ0v) is 14.4. The van der Waals surface area contributed by atoms with Crippen molar-refractivity contribution in [2.24, 2.45) is 0 Å². The van der Waals surface area contributed by atoms with Crippen molar-refractivity contribution >= 4 is 11.9 Å². The minimum absolute atomic E-state index is 0.0765. The Labute approximate surface area is 145 Å². The maximum atomic E-state index is 13.4. The van der Waals surface area contributed by atoms with Crippen molar-refractivity contribution in [3.8, 4) is 0 Å². The van der Waals surface area contributed by atoms with Gasteiger partial charge in [-0.2, -0.15) is 0 Å². The summed E-state index contributed by atoms with van der Waals surface area (Å²) in [5, 5.41) is 2.27. The van der Waals surface area contributed by atoms with E-state index in [-0.39, 0.29) is 13.0 Å². The van der Waals surface area contributed by atoms with Gasteiger partial charge in [0.15, 0.2) is 17.5 Å². The average molecular weight is 359 g/mol. The number of carbonyl (C=O) groups is 2. The SMILES string of the molecule is CCCCCCCCOC(=O)CCNC(=O)c1ccc(F)c(F)c1F. The fraction of sp³-hybridized carbons (Fsp3) is 0.556. The monoisotopic (exact) mass is 359 g/mol. The van der Waals surface area contributed by atoms with Crippen LogP contribution in [0.15, 0.2) is 12.1 Å². The van der Waals surface area contributed by atoms with E-state index in [9.17, 15) is 22.8 Å². The van der Waals surface area contributed by atoms with Gasteiger partial charge in [-0.25, -0.2) is 13.2 Å². The quantitative estimate of drug-likeness (QED) is 0.367. The van der Waals surface area contributed by atoms with Crippen molar-refractivity contribution in [3.05, 3.63) is 35.1 Å². The molecule has 7 heteroatoms. The summed E-state index contributed by atoms with van der Waals surface area (Å²) in [6, 6.07) is 1.52. The molecule has 25 heavy (non-hydrogen) atoms. The summed E-state index contributed by atoms with van der Waals surface area (Å²) >= 11 is 0. The maximum Gasteiger partial charge on any atom is 0.307 e. The Morgan fingerprint density at radius 1 is 1.00 bits per heavy atom. The lowest BCUT2D eigenvalue weighted by Gasteiger charge is -2.07. The van der Waals surface area contributed by atoms with Crippen LogP contribution in [0.1, 0.15) is 62.2 Å². The molecule has 1 rings (SSSR count). The molecule has 0 aliphatic rings. The molecule has 0 radical (unpaired) electrons. The number of benzene rings is 1. The summed E-state index contributed by atoms with van der Waals surface area (Å²) in [6.07, 6.45) is 6.39. The second-order valence-corrected chi connectivity index (χ2v) is 5.72. The van der Waals surface area contributed by atoms with Crippen LogP contribution in [0.2, 0.25) is 0 Å². The fourth-order valence-corrected chi connectivity index (χ4v) is 2.22. The van der Waals surface area contributed by atoms with E-state index in [1.54, 1.807) is 0 Å². The molecular formula is C18H24F3NO3. The molecule has 0 heterocycles. The molecule has 0 atom stereocenters. The van der Waals surface area contributed by atoms with Crippen LogP contribution < -0.4 is 5.32 Å². The molecule has 140 valence electrons. The van der Waals surface area contributed by atoms with Crippen LogP contribution in [0.3, 0.4) is 0 Å². The minimum Gasteiger partial charge on any atom is -0.466 e. The number of nitrogens with one attached hydrogen (secondary N) is 1. The van der Waals surface area contributed by atoms with E-state index in [2.05, 4.69) is 12.2 Å². The Morgan fingerprint density at radius 2 is 1.68 bits per heavy atom. The molecule has 0 bridgehead atoms. The molecule has 0 aliphatic carbocycles. The van der Waals surface area contributed by atoms with Crippen molar-refractivity contribution < 1.29 is 27.5 Å². The van der Waals surface area contributed by atoms with Crippen molar-refractivity contribution in [2.75, 3.05) is 13.2 Å². The highest BCUT2D eigenvalue weighted by Crippen LogP contribution is 2.15. The number of amides is 1. The van der Waals surface area contributed by atoms with E-state index in [4.69, 9.17) is 4.74 Å². The van der Waals surface area contributed by atoms with Crippen LogP contribution in [0.25, 0.3) is 0 Å². The first-order valence-corrected chi connectivity index (χ1v) is 8.54. The van der Waals surface area contributed by atoms with Gasteiger partial charge in [0.05, 0.1) is 18.6 Å². The maximum absolute atomic E-state index is 13.4. The van der Waals surface area contributed by atoms with Crippen molar-refractivity contribution in [1.82, 2.24) is 5.32 Å². The molecule has 4 nitrogen and oxygen atoms in total. The molecule has 0 saturated heterocycles. The molecule has 1 aromatic carbocycles. The molecular weight excluding hydrogens is 335 g/mol. The second-order valence-electron chi connectivity index (χ2n) is 5.72. The highest BCUT2D eigenvalue weighted by atomic mass is 19.2. The molecule has 0 unspecified atom stereocenters. The zero-order chi connectivity index (χ0) is 18.7. The first-order chi connectivity index (χ1) is 12.0. The van der Waals surface area contributed by atoms with Gasteiger partial charge in [0.1, 0.15) is 0 Å². The largest absolute Gasteiger partial charge is 0.466 e. The molecule has 0 aliphatic heterocycles. The summed E-state index contributed by atoms with van der Waals surface area (Å²) in [7, 11) is 0. The standard InChI is InChI=1S/C18H24F3NO3/c1-2-3-4-5-6-7-12-25-15(23)10-11-22-18(24)13-8-9-14(19)17(21)16(13)20/h8-9H,2-7,10-12H2,1H3,(H,22,24). The van der Waals surface area contributed by atoms with Gasteiger partial charge in [-0.05, 0) is 18.6 Å². The second kappa shape index (κ2) is 11.5. The fourth-order valence-electron chi connectivity index (χ4n) is 2.22. The third-order valence-electron chi connectivity index (χ3n) is 3.66. The first-order valence-electron chi connectivity index (χ1n) is 8.54. The van der Waals surface area contributed by atoms with Gasteiger partial charge in [0.25, 0.3) is 5.91 Å². The van der Waals surface area contributed by atoms with Crippen LogP contribution >= 0.6 is 0 Å². The predicted molar refractivity (Wildman–Crippen MR) is 87.6 cm³/mol. The summed E-state index contributed by atoms with van der Waals surface area (Å²) in [4.78, 5) is 23.2. The van der Waals surface area contributed by atoms with Gasteiger partial charge >= 0.3 is 5.97 Å². The Kier molecular flexibility index (Phi) is 9.65. The number of hydrogen-bond donors (Lipinski definition) is 1. The van der Waals surface area contributed by atoms with Crippen molar-refractivity contribution in [1.29, 1.82) is 0 Å². The van der Waals surface area contributed by atoms with Gasteiger partial charge in [0.2, 0.25) is 0 Å². The number of hydrogen-bond acceptors (Lipinski definition) is 3. The lowest BCUT2D eigenvalue weighted by Crippen LogP contribution is -2.27. The highest BCUT2D eigenvalue weighted by molar-refractivity contribution is 5.94. The van der Waals surface area contributed by atoms with E-state index >= 15 is 0 Å². The number of halogens is 3. The number of unbranched alkanes of at least 4 members (excludes halogenated alkanes) is 5. The van der Waals surface area contributed by atoms with Crippen LogP contribution in [0.4, 0.5) is 13.2 Å². The van der Waals surface area contributed by atoms with E-state index in [0.717, 1.165) is 25.3 Å². The Hall–Kier alpha value is -2.05. The Balaban J connectivity index is 2.21. The van der Waals surface area contributed by atoms with Crippen LogP contribution in [0, 0.1) is 17.5 Å². The van der Waals surface area contributed by atoms with Crippen LogP contribution in [-0.2, 0) is 9.53 Å². The third-order valence-corrected chi connectivity index (χ3v) is 3.66. The summed E-state index contributed by atoms with van der Waals surface area (Å²) in [5.41, 5.74) is -0.612. The minimum atomic E-state index is -1.70. The molecule has 1 N–H and O–H groups in total. The normalized spacial score (nSPS) is 10.6. The number of carbonyl (C=O) groups excluding carboxylic acids is 2. The Bertz CT molecular complexity index is 579. The lowest BCUT2D eigenvalue weighted by molar-refractivity contribution is -0.143. The molecule has 0 saturated carbocycles. The average Bonchev–Trinajstić information content (AvgIpc) is 2.59. The van der Waals surface area contributed by atoms with Gasteiger partial charge < -0.3 is 10.1 Å². The van der Waals surface area contributed by atoms with Gasteiger partial charge in [-0.3, -0.25) is 9.59 Å². The molecule has 0 aromatic heterocycles. The van der Waals surface area contributed by atoms with E-state index in [1.165, 1.54) is 19.3 Å². The number of ether oxygens (including phenoxy) is 1. The van der Waals surface area contributed by atoms with Crippen LogP contribution in [-0.4, -0.2) is 25.0 Å². The molecule has 1 amide bonds. The third kappa shape index (κ3) is 7.58. The van der Waals surface area contributed by atoms with Crippen molar-refractivity contribution in [2.45, 2.75) is 51.9 Å². The number of rotatable bonds is 11. The smallest absolute Gasteiger partial charge is 0.307 e. The van der Waals surface area contributed by atoms with Crippen molar-refractivity contribution in [3.63, 3.8) is 0 Å². The molecule has 1 aromatic rings. The lowest BCUT2D eigenvalue weighted by atomic mass is 10.1. The summed E-state index contributed by atoms with van der Waals surface area (Å²) in [6.45, 7) is 2.39. The Morgan fingerprint density at radius 3 is 2.40 bits per heavy atom. The van der Waals surface area contributed by atoms with Gasteiger partial charge in [-0.1, -0.05) is 39.0 Å². The predicted octanol–water partition coefficient (Wildman–Crippen LogP) is 4.13. The zero-order valence-electron chi connectivity index (χ0n) is 14.4. The molecule has 0 spiro atoms. The first kappa shape index (κ1) is 21.0. The highest BCUT2D eigenvalue weighted by Gasteiger charge is 2.18. The van der Waals surface area contributed by atoms with E-state index in [1.807, 2.05) is 0 Å².